The number of rotatable bonds is 9. The van der Waals surface area contributed by atoms with Gasteiger partial charge in [-0.2, -0.15) is 5.10 Å². The second kappa shape index (κ2) is 9.57. The average molecular weight is 429 g/mol. The number of carbonyl (C=O) groups is 1. The van der Waals surface area contributed by atoms with Crippen molar-refractivity contribution in [2.24, 2.45) is 11.0 Å². The van der Waals surface area contributed by atoms with Crippen molar-refractivity contribution in [2.45, 2.75) is 70.1 Å². The molecule has 1 saturated carbocycles. The summed E-state index contributed by atoms with van der Waals surface area (Å²) in [5.74, 6) is 0.544. The number of hydrogen-bond acceptors (Lipinski definition) is 6. The standard InChI is InChI=1S/C24H36N4O3/c1-18(2)31-16-13-25-20-5-7-21(8-6-20)28-22(9-12-26-28)17-24(30)10-14-27(15-11-24)23(29)19-3-4-19/h5-8,12,18-19,22,25,30H,3-4,9-11,13-17H2,1-2H3. The van der Waals surface area contributed by atoms with Crippen molar-refractivity contribution in [3.63, 3.8) is 0 Å². The monoisotopic (exact) mass is 428 g/mol. The molecule has 3 aliphatic rings. The minimum absolute atomic E-state index is 0.147. The predicted octanol–water partition coefficient (Wildman–Crippen LogP) is 3.24. The number of carbonyl (C=O) groups excluding carboxylic acids is 1. The maximum Gasteiger partial charge on any atom is 0.225 e. The molecule has 170 valence electrons. The number of benzene rings is 1. The number of hydrogen-bond donors (Lipinski definition) is 2. The third-order valence-electron chi connectivity index (χ3n) is 6.49. The first-order valence-corrected chi connectivity index (χ1v) is 11.7. The molecule has 1 saturated heterocycles. The van der Waals surface area contributed by atoms with Crippen LogP contribution in [-0.4, -0.2) is 66.1 Å². The molecule has 2 heterocycles. The van der Waals surface area contributed by atoms with Crippen molar-refractivity contribution in [3.8, 4) is 0 Å². The van der Waals surface area contributed by atoms with E-state index in [1.165, 1.54) is 0 Å². The molecule has 1 unspecified atom stereocenters. The summed E-state index contributed by atoms with van der Waals surface area (Å²) in [7, 11) is 0. The van der Waals surface area contributed by atoms with E-state index in [2.05, 4.69) is 34.7 Å². The van der Waals surface area contributed by atoms with Crippen molar-refractivity contribution in [2.75, 3.05) is 36.6 Å². The Morgan fingerprint density at radius 1 is 1.26 bits per heavy atom. The fourth-order valence-electron chi connectivity index (χ4n) is 4.49. The van der Waals surface area contributed by atoms with Crippen LogP contribution in [0.1, 0.15) is 52.4 Å². The van der Waals surface area contributed by atoms with Crippen molar-refractivity contribution in [1.82, 2.24) is 4.90 Å². The Balaban J connectivity index is 1.28. The third-order valence-corrected chi connectivity index (χ3v) is 6.49. The lowest BCUT2D eigenvalue weighted by molar-refractivity contribution is -0.137. The molecule has 1 aliphatic carbocycles. The molecule has 1 aromatic rings. The number of anilines is 2. The van der Waals surface area contributed by atoms with Crippen LogP contribution in [0.5, 0.6) is 0 Å². The number of aliphatic hydroxyl groups is 1. The molecule has 1 aromatic carbocycles. The molecular weight excluding hydrogens is 392 g/mol. The summed E-state index contributed by atoms with van der Waals surface area (Å²) >= 11 is 0. The van der Waals surface area contributed by atoms with E-state index in [0.29, 0.717) is 39.0 Å². The fourth-order valence-corrected chi connectivity index (χ4v) is 4.49. The minimum Gasteiger partial charge on any atom is -0.390 e. The van der Waals surface area contributed by atoms with Gasteiger partial charge in [0.15, 0.2) is 0 Å². The zero-order valence-corrected chi connectivity index (χ0v) is 18.8. The van der Waals surface area contributed by atoms with E-state index in [1.54, 1.807) is 0 Å². The zero-order chi connectivity index (χ0) is 21.8. The van der Waals surface area contributed by atoms with Crippen LogP contribution in [0, 0.1) is 5.92 Å². The summed E-state index contributed by atoms with van der Waals surface area (Å²) in [5, 5.41) is 21.2. The van der Waals surface area contributed by atoms with Crippen LogP contribution in [0.4, 0.5) is 11.4 Å². The van der Waals surface area contributed by atoms with E-state index in [-0.39, 0.29) is 24.0 Å². The maximum absolute atomic E-state index is 12.3. The highest BCUT2D eigenvalue weighted by atomic mass is 16.5. The van der Waals surface area contributed by atoms with Crippen LogP contribution in [0.15, 0.2) is 29.4 Å². The third kappa shape index (κ3) is 5.77. The highest BCUT2D eigenvalue weighted by Crippen LogP contribution is 2.36. The molecule has 2 fully saturated rings. The van der Waals surface area contributed by atoms with Gasteiger partial charge in [0.2, 0.25) is 5.91 Å². The molecule has 0 spiro atoms. The molecular formula is C24H36N4O3. The molecule has 2 N–H and O–H groups in total. The van der Waals surface area contributed by atoms with Crippen LogP contribution < -0.4 is 10.3 Å². The first-order chi connectivity index (χ1) is 14.9. The minimum atomic E-state index is -0.727. The second-order valence-electron chi connectivity index (χ2n) is 9.45. The Morgan fingerprint density at radius 2 is 1.97 bits per heavy atom. The highest BCUT2D eigenvalue weighted by molar-refractivity contribution is 5.81. The van der Waals surface area contributed by atoms with Crippen molar-refractivity contribution >= 4 is 23.5 Å². The van der Waals surface area contributed by atoms with Gasteiger partial charge >= 0.3 is 0 Å². The first-order valence-electron chi connectivity index (χ1n) is 11.7. The lowest BCUT2D eigenvalue weighted by Crippen LogP contribution is -2.49. The molecule has 0 bridgehead atoms. The largest absolute Gasteiger partial charge is 0.390 e. The Morgan fingerprint density at radius 3 is 2.61 bits per heavy atom. The molecule has 7 heteroatoms. The van der Waals surface area contributed by atoms with E-state index in [9.17, 15) is 9.90 Å². The van der Waals surface area contributed by atoms with Crippen LogP contribution in [0.25, 0.3) is 0 Å². The number of nitrogens with one attached hydrogen (secondary N) is 1. The van der Waals surface area contributed by atoms with Crippen LogP contribution in [-0.2, 0) is 9.53 Å². The zero-order valence-electron chi connectivity index (χ0n) is 18.8. The number of ether oxygens (including phenoxy) is 1. The molecule has 0 aromatic heterocycles. The van der Waals surface area contributed by atoms with Gasteiger partial charge in [0.1, 0.15) is 0 Å². The Labute approximate surface area is 185 Å². The van der Waals surface area contributed by atoms with E-state index in [0.717, 1.165) is 37.2 Å². The summed E-state index contributed by atoms with van der Waals surface area (Å²) in [6, 6.07) is 8.41. The van der Waals surface area contributed by atoms with Crippen LogP contribution in [0.3, 0.4) is 0 Å². The quantitative estimate of drug-likeness (QED) is 0.591. The molecule has 2 aliphatic heterocycles. The van der Waals surface area contributed by atoms with E-state index >= 15 is 0 Å². The smallest absolute Gasteiger partial charge is 0.225 e. The first kappa shape index (κ1) is 22.1. The van der Waals surface area contributed by atoms with Crippen LogP contribution in [0.2, 0.25) is 0 Å². The van der Waals surface area contributed by atoms with Crippen molar-refractivity contribution in [3.05, 3.63) is 24.3 Å². The molecule has 7 nitrogen and oxygen atoms in total. The molecule has 31 heavy (non-hydrogen) atoms. The number of likely N-dealkylation sites (tertiary alicyclic amines) is 1. The lowest BCUT2D eigenvalue weighted by atomic mass is 9.84. The number of piperidine rings is 1. The van der Waals surface area contributed by atoms with E-state index in [1.807, 2.05) is 30.0 Å². The van der Waals surface area contributed by atoms with Crippen molar-refractivity contribution in [1.29, 1.82) is 0 Å². The normalized spacial score (nSPS) is 22.9. The average Bonchev–Trinajstić information content (AvgIpc) is 3.51. The Bertz CT molecular complexity index is 768. The number of amides is 1. The predicted molar refractivity (Wildman–Crippen MR) is 124 cm³/mol. The Kier molecular flexibility index (Phi) is 6.82. The number of hydrazone groups is 1. The van der Waals surface area contributed by atoms with Gasteiger partial charge < -0.3 is 20.1 Å². The summed E-state index contributed by atoms with van der Waals surface area (Å²) in [4.78, 5) is 14.2. The van der Waals surface area contributed by atoms with Gasteiger partial charge in [-0.25, -0.2) is 0 Å². The SMILES string of the molecule is CC(C)OCCNc1ccc(N2N=CCC2CC2(O)CCN(C(=O)C3CC3)CC2)cc1. The van der Waals surface area contributed by atoms with Gasteiger partial charge in [0, 0.05) is 43.9 Å². The van der Waals surface area contributed by atoms with Gasteiger partial charge in [0.05, 0.1) is 30.0 Å². The number of nitrogens with zero attached hydrogens (tertiary/aromatic N) is 3. The fraction of sp³-hybridized carbons (Fsp3) is 0.667. The summed E-state index contributed by atoms with van der Waals surface area (Å²) < 4.78 is 5.56. The van der Waals surface area contributed by atoms with Crippen LogP contribution >= 0.6 is 0 Å². The van der Waals surface area contributed by atoms with Gasteiger partial charge in [-0.05, 0) is 70.2 Å². The van der Waals surface area contributed by atoms with E-state index < -0.39 is 5.60 Å². The Hall–Kier alpha value is -2.12. The highest BCUT2D eigenvalue weighted by Gasteiger charge is 2.41. The summed E-state index contributed by atoms with van der Waals surface area (Å²) in [6.45, 7) is 6.86. The lowest BCUT2D eigenvalue weighted by Gasteiger charge is -2.40. The molecule has 1 atom stereocenters. The molecule has 1 amide bonds. The van der Waals surface area contributed by atoms with Gasteiger partial charge in [-0.1, -0.05) is 0 Å². The molecule has 4 rings (SSSR count). The second-order valence-corrected chi connectivity index (χ2v) is 9.45. The van der Waals surface area contributed by atoms with Gasteiger partial charge in [0.25, 0.3) is 0 Å². The topological polar surface area (TPSA) is 77.4 Å². The van der Waals surface area contributed by atoms with Gasteiger partial charge in [-0.15, -0.1) is 0 Å². The molecule has 0 radical (unpaired) electrons. The van der Waals surface area contributed by atoms with E-state index in [4.69, 9.17) is 4.74 Å². The van der Waals surface area contributed by atoms with Gasteiger partial charge in [-0.3, -0.25) is 9.80 Å². The summed E-state index contributed by atoms with van der Waals surface area (Å²) in [5.41, 5.74) is 1.37. The maximum atomic E-state index is 12.3. The van der Waals surface area contributed by atoms with Crippen molar-refractivity contribution < 1.29 is 14.6 Å². The summed E-state index contributed by atoms with van der Waals surface area (Å²) in [6.07, 6.45) is 7.06.